The topological polar surface area (TPSA) is 98.3 Å². The SMILES string of the molecule is COC(=O)C=C1CCN(C(=O)OC(C)(C)C)CC1.COC(=O)C=C1CCN(c2nc3ccc(Cl)cc3s2)CC1. The fourth-order valence-electron chi connectivity index (χ4n) is 4.05. The molecular weight excluding hydrogens is 542 g/mol. The maximum Gasteiger partial charge on any atom is 0.410 e. The van der Waals surface area contributed by atoms with Crippen molar-refractivity contribution in [2.75, 3.05) is 45.3 Å². The highest BCUT2D eigenvalue weighted by Gasteiger charge is 2.25. The molecule has 0 aliphatic carbocycles. The second kappa shape index (κ2) is 13.8. The van der Waals surface area contributed by atoms with Crippen LogP contribution in [-0.2, 0) is 23.8 Å². The van der Waals surface area contributed by atoms with Crippen LogP contribution >= 0.6 is 22.9 Å². The molecule has 3 heterocycles. The zero-order valence-corrected chi connectivity index (χ0v) is 24.7. The van der Waals surface area contributed by atoms with Gasteiger partial charge in [-0.25, -0.2) is 19.4 Å². The average Bonchev–Trinajstić information content (AvgIpc) is 3.32. The Labute approximate surface area is 238 Å². The predicted molar refractivity (Wildman–Crippen MR) is 153 cm³/mol. The van der Waals surface area contributed by atoms with E-state index in [-0.39, 0.29) is 18.0 Å². The number of piperidine rings is 2. The third kappa shape index (κ3) is 9.54. The smallest absolute Gasteiger partial charge is 0.410 e. The zero-order chi connectivity index (χ0) is 28.6. The van der Waals surface area contributed by atoms with E-state index in [0.717, 1.165) is 57.4 Å². The number of rotatable bonds is 3. The summed E-state index contributed by atoms with van der Waals surface area (Å²) < 4.78 is 15.6. The maximum absolute atomic E-state index is 11.8. The lowest BCUT2D eigenvalue weighted by molar-refractivity contribution is -0.135. The molecule has 0 saturated carbocycles. The number of amides is 1. The summed E-state index contributed by atoms with van der Waals surface area (Å²) in [5.74, 6) is -0.608. The molecule has 2 aliphatic heterocycles. The normalized spacial score (nSPS) is 15.7. The summed E-state index contributed by atoms with van der Waals surface area (Å²) in [6.07, 6.45) is 5.93. The summed E-state index contributed by atoms with van der Waals surface area (Å²) in [6.45, 7) is 8.44. The van der Waals surface area contributed by atoms with Crippen molar-refractivity contribution in [1.82, 2.24) is 9.88 Å². The van der Waals surface area contributed by atoms with Crippen molar-refractivity contribution in [3.8, 4) is 0 Å². The van der Waals surface area contributed by atoms with Gasteiger partial charge >= 0.3 is 18.0 Å². The number of ether oxygens (including phenoxy) is 3. The van der Waals surface area contributed by atoms with E-state index in [1.54, 1.807) is 22.3 Å². The first-order valence-electron chi connectivity index (χ1n) is 12.8. The Morgan fingerprint density at radius 3 is 1.97 bits per heavy atom. The minimum absolute atomic E-state index is 0.270. The van der Waals surface area contributed by atoms with Gasteiger partial charge in [0.1, 0.15) is 5.60 Å². The molecule has 4 rings (SSSR count). The third-order valence-electron chi connectivity index (χ3n) is 6.12. The first-order valence-corrected chi connectivity index (χ1v) is 14.0. The van der Waals surface area contributed by atoms with E-state index in [9.17, 15) is 14.4 Å². The molecule has 1 aromatic heterocycles. The standard InChI is InChI=1S/C15H15ClN2O2S.C13H21NO4/c1-20-14(19)8-10-4-6-18(7-5-10)15-17-12-3-2-11(16)9-13(12)21-15;1-13(2,3)18-12(16)14-7-5-10(6-8-14)9-11(15)17-4/h2-3,8-9H,4-7H2,1H3;9H,5-8H2,1-4H3. The number of carbonyl (C=O) groups excluding carboxylic acids is 3. The summed E-state index contributed by atoms with van der Waals surface area (Å²) >= 11 is 7.67. The van der Waals surface area contributed by atoms with E-state index in [2.05, 4.69) is 19.4 Å². The number of anilines is 1. The monoisotopic (exact) mass is 577 g/mol. The van der Waals surface area contributed by atoms with Crippen LogP contribution in [0.4, 0.5) is 9.93 Å². The molecule has 0 radical (unpaired) electrons. The number of thiazole rings is 1. The number of nitrogens with zero attached hydrogens (tertiary/aromatic N) is 3. The number of likely N-dealkylation sites (tertiary alicyclic amines) is 1. The van der Waals surface area contributed by atoms with Crippen LogP contribution in [0.5, 0.6) is 0 Å². The summed E-state index contributed by atoms with van der Waals surface area (Å²) in [5, 5.41) is 1.75. The fraction of sp³-hybridized carbons (Fsp3) is 0.500. The van der Waals surface area contributed by atoms with Gasteiger partial charge in [-0.2, -0.15) is 0 Å². The molecule has 1 aromatic carbocycles. The number of carbonyl (C=O) groups is 3. The molecule has 0 N–H and O–H groups in total. The van der Waals surface area contributed by atoms with E-state index in [1.807, 2.05) is 39.0 Å². The largest absolute Gasteiger partial charge is 0.466 e. The van der Waals surface area contributed by atoms with E-state index in [0.29, 0.717) is 25.9 Å². The molecule has 2 aliphatic rings. The van der Waals surface area contributed by atoms with Gasteiger partial charge in [0, 0.05) is 43.4 Å². The van der Waals surface area contributed by atoms with Gasteiger partial charge in [-0.15, -0.1) is 0 Å². The molecule has 0 spiro atoms. The van der Waals surface area contributed by atoms with Crippen LogP contribution in [-0.4, -0.2) is 73.9 Å². The number of halogens is 1. The molecule has 2 fully saturated rings. The van der Waals surface area contributed by atoms with Crippen molar-refractivity contribution < 1.29 is 28.6 Å². The number of methoxy groups -OCH3 is 2. The Morgan fingerprint density at radius 1 is 0.923 bits per heavy atom. The van der Waals surface area contributed by atoms with E-state index in [4.69, 9.17) is 16.3 Å². The van der Waals surface area contributed by atoms with Gasteiger partial charge in [0.05, 0.1) is 24.4 Å². The van der Waals surface area contributed by atoms with Crippen molar-refractivity contribution in [2.45, 2.75) is 52.1 Å². The van der Waals surface area contributed by atoms with Gasteiger partial charge in [-0.05, 0) is 64.7 Å². The van der Waals surface area contributed by atoms with Gasteiger partial charge in [0.2, 0.25) is 0 Å². The maximum atomic E-state index is 11.8. The lowest BCUT2D eigenvalue weighted by Crippen LogP contribution is -2.40. The Bertz CT molecular complexity index is 1230. The van der Waals surface area contributed by atoms with Crippen LogP contribution in [0.25, 0.3) is 10.2 Å². The van der Waals surface area contributed by atoms with Gasteiger partial charge in [-0.3, -0.25) is 0 Å². The van der Waals surface area contributed by atoms with Crippen molar-refractivity contribution in [1.29, 1.82) is 0 Å². The Hall–Kier alpha value is -3.11. The minimum Gasteiger partial charge on any atom is -0.466 e. The van der Waals surface area contributed by atoms with Crippen LogP contribution in [0, 0.1) is 0 Å². The molecule has 0 bridgehead atoms. The van der Waals surface area contributed by atoms with Crippen molar-refractivity contribution in [3.63, 3.8) is 0 Å². The lowest BCUT2D eigenvalue weighted by atomic mass is 10.0. The molecule has 0 unspecified atom stereocenters. The van der Waals surface area contributed by atoms with Crippen LogP contribution < -0.4 is 4.90 Å². The number of benzene rings is 1. The molecule has 39 heavy (non-hydrogen) atoms. The summed E-state index contributed by atoms with van der Waals surface area (Å²) in [4.78, 5) is 42.7. The summed E-state index contributed by atoms with van der Waals surface area (Å²) in [7, 11) is 2.76. The van der Waals surface area contributed by atoms with E-state index >= 15 is 0 Å². The highest BCUT2D eigenvalue weighted by Crippen LogP contribution is 2.32. The molecule has 212 valence electrons. The van der Waals surface area contributed by atoms with Gasteiger partial charge in [0.15, 0.2) is 5.13 Å². The van der Waals surface area contributed by atoms with Crippen molar-refractivity contribution >= 4 is 56.3 Å². The van der Waals surface area contributed by atoms with Crippen LogP contribution in [0.3, 0.4) is 0 Å². The molecule has 11 heteroatoms. The van der Waals surface area contributed by atoms with Crippen molar-refractivity contribution in [3.05, 3.63) is 46.5 Å². The zero-order valence-electron chi connectivity index (χ0n) is 23.1. The first-order chi connectivity index (χ1) is 18.5. The highest BCUT2D eigenvalue weighted by atomic mass is 35.5. The fourth-order valence-corrected chi connectivity index (χ4v) is 5.34. The second-order valence-corrected chi connectivity index (χ2v) is 11.7. The minimum atomic E-state index is -0.473. The predicted octanol–water partition coefficient (Wildman–Crippen LogP) is 5.77. The van der Waals surface area contributed by atoms with Gasteiger partial charge in [-0.1, -0.05) is 34.1 Å². The van der Waals surface area contributed by atoms with Crippen molar-refractivity contribution in [2.24, 2.45) is 0 Å². The molecule has 2 aromatic rings. The molecule has 2 saturated heterocycles. The van der Waals surface area contributed by atoms with E-state index < -0.39 is 5.60 Å². The molecule has 1 amide bonds. The highest BCUT2D eigenvalue weighted by molar-refractivity contribution is 7.22. The average molecular weight is 578 g/mol. The molecule has 9 nitrogen and oxygen atoms in total. The van der Waals surface area contributed by atoms with Gasteiger partial charge < -0.3 is 24.0 Å². The number of aromatic nitrogens is 1. The quantitative estimate of drug-likeness (QED) is 0.258. The molecular formula is C28H36ClN3O6S. The number of esters is 2. The summed E-state index contributed by atoms with van der Waals surface area (Å²) in [5.41, 5.74) is 2.67. The third-order valence-corrected chi connectivity index (χ3v) is 7.43. The molecule has 0 atom stereocenters. The van der Waals surface area contributed by atoms with Gasteiger partial charge in [0.25, 0.3) is 0 Å². The Balaban J connectivity index is 0.000000219. The summed E-state index contributed by atoms with van der Waals surface area (Å²) in [6, 6.07) is 5.76. The number of fused-ring (bicyclic) bond motifs is 1. The lowest BCUT2D eigenvalue weighted by Gasteiger charge is -2.30. The van der Waals surface area contributed by atoms with Crippen LogP contribution in [0.1, 0.15) is 46.5 Å². The number of hydrogen-bond donors (Lipinski definition) is 0. The Kier molecular flexibility index (Phi) is 10.8. The number of hydrogen-bond acceptors (Lipinski definition) is 9. The van der Waals surface area contributed by atoms with E-state index in [1.165, 1.54) is 20.3 Å². The first kappa shape index (κ1) is 30.4. The van der Waals surface area contributed by atoms with Crippen LogP contribution in [0.2, 0.25) is 5.02 Å². The second-order valence-electron chi connectivity index (χ2n) is 10.2. The van der Waals surface area contributed by atoms with Crippen LogP contribution in [0.15, 0.2) is 41.5 Å². The Morgan fingerprint density at radius 2 is 1.46 bits per heavy atom.